The Morgan fingerprint density at radius 3 is 2.66 bits per heavy atom. The molecule has 5 N–H and O–H groups in total. The number of benzene rings is 2. The molecule has 1 saturated carbocycles. The quantitative estimate of drug-likeness (QED) is 0.210. The molecule has 0 spiro atoms. The highest BCUT2D eigenvalue weighted by Gasteiger charge is 2.29. The zero-order valence-corrected chi connectivity index (χ0v) is 24.9. The van der Waals surface area contributed by atoms with Crippen LogP contribution in [0, 0.1) is 12.3 Å². The third-order valence-corrected chi connectivity index (χ3v) is 7.87. The van der Waals surface area contributed by atoms with Crippen molar-refractivity contribution in [3.05, 3.63) is 89.3 Å². The molecule has 0 bridgehead atoms. The van der Waals surface area contributed by atoms with Crippen LogP contribution < -0.4 is 21.1 Å². The Bertz CT molecular complexity index is 1640. The van der Waals surface area contributed by atoms with Crippen LogP contribution in [0.3, 0.4) is 0 Å². The van der Waals surface area contributed by atoms with E-state index in [0.29, 0.717) is 41.2 Å². The monoisotopic (exact) mass is 596 g/mol. The minimum atomic E-state index is -0.236. The number of anilines is 2. The lowest BCUT2D eigenvalue weighted by Gasteiger charge is -2.35. The summed E-state index contributed by atoms with van der Waals surface area (Å²) in [5.74, 6) is 0.954. The number of nitrogen functional groups attached to an aromatic ring is 1. The van der Waals surface area contributed by atoms with E-state index in [-0.39, 0.29) is 35.6 Å². The first-order valence-corrected chi connectivity index (χ1v) is 14.3. The number of nitrogens with zero attached hydrogens (tertiary/aromatic N) is 6. The third kappa shape index (κ3) is 6.66. The molecule has 2 aromatic carbocycles. The molecule has 0 saturated heterocycles. The first-order valence-electron chi connectivity index (χ1n) is 14.3. The number of nitrogens with two attached hydrogens (primary N) is 1. The average molecular weight is 597 g/mol. The number of ether oxygens (including phenoxy) is 1. The third-order valence-electron chi connectivity index (χ3n) is 7.87. The second-order valence-electron chi connectivity index (χ2n) is 10.8. The summed E-state index contributed by atoms with van der Waals surface area (Å²) in [6, 6.07) is 12.6. The van der Waals surface area contributed by atoms with Crippen LogP contribution in [0.5, 0.6) is 5.75 Å². The summed E-state index contributed by atoms with van der Waals surface area (Å²) in [5.41, 5.74) is 9.80. The lowest BCUT2D eigenvalue weighted by molar-refractivity contribution is 0.0947. The number of rotatable bonds is 9. The van der Waals surface area contributed by atoms with Crippen molar-refractivity contribution in [1.82, 2.24) is 34.9 Å². The zero-order chi connectivity index (χ0) is 31.2. The van der Waals surface area contributed by atoms with E-state index in [4.69, 9.17) is 15.9 Å². The van der Waals surface area contributed by atoms with Gasteiger partial charge >= 0.3 is 6.03 Å². The Morgan fingerprint density at radius 1 is 1.14 bits per heavy atom. The molecule has 0 aliphatic heterocycles. The normalized spacial score (nSPS) is 16.2. The second kappa shape index (κ2) is 13.3. The van der Waals surface area contributed by atoms with Crippen LogP contribution >= 0.6 is 0 Å². The van der Waals surface area contributed by atoms with Gasteiger partial charge in [0.05, 0.1) is 23.9 Å². The Labute approximate surface area is 255 Å². The summed E-state index contributed by atoms with van der Waals surface area (Å²) < 4.78 is 6.56. The van der Waals surface area contributed by atoms with Gasteiger partial charge in [-0.3, -0.25) is 10.2 Å². The predicted octanol–water partition coefficient (Wildman–Crippen LogP) is 3.64. The van der Waals surface area contributed by atoms with Gasteiger partial charge in [-0.15, -0.1) is 0 Å². The van der Waals surface area contributed by atoms with Gasteiger partial charge in [-0.05, 0) is 50.3 Å². The van der Waals surface area contributed by atoms with Gasteiger partial charge in [0.1, 0.15) is 36.4 Å². The van der Waals surface area contributed by atoms with Crippen LogP contribution in [0.2, 0.25) is 0 Å². The van der Waals surface area contributed by atoms with E-state index in [9.17, 15) is 9.59 Å². The lowest BCUT2D eigenvalue weighted by Crippen LogP contribution is -2.45. The molecule has 44 heavy (non-hydrogen) atoms. The fraction of sp³-hybridized carbons (Fsp3) is 0.323. The van der Waals surface area contributed by atoms with Crippen molar-refractivity contribution in [1.29, 1.82) is 5.41 Å². The highest BCUT2D eigenvalue weighted by Crippen LogP contribution is 2.28. The Morgan fingerprint density at radius 2 is 1.93 bits per heavy atom. The number of hydrogen-bond donors (Lipinski definition) is 4. The average Bonchev–Trinajstić information content (AvgIpc) is 3.58. The maximum atomic E-state index is 12.8. The molecule has 1 aliphatic carbocycles. The molecular formula is C31H36N10O3. The molecule has 2 atom stereocenters. The van der Waals surface area contributed by atoms with Crippen molar-refractivity contribution in [2.75, 3.05) is 25.2 Å². The molecule has 5 rings (SSSR count). The van der Waals surface area contributed by atoms with E-state index >= 15 is 0 Å². The first-order chi connectivity index (χ1) is 21.2. The van der Waals surface area contributed by atoms with Gasteiger partial charge < -0.3 is 26.0 Å². The zero-order valence-electron chi connectivity index (χ0n) is 24.9. The molecule has 4 aromatic rings. The molecule has 2 aromatic heterocycles. The summed E-state index contributed by atoms with van der Waals surface area (Å²) in [6.45, 7) is 2.23. The Hall–Kier alpha value is -5.33. The van der Waals surface area contributed by atoms with E-state index in [1.165, 1.54) is 30.8 Å². The van der Waals surface area contributed by atoms with Crippen molar-refractivity contribution in [2.45, 2.75) is 51.2 Å². The number of carbonyl (C=O) groups excluding carboxylic acids is 2. The van der Waals surface area contributed by atoms with E-state index in [1.54, 1.807) is 24.1 Å². The predicted molar refractivity (Wildman–Crippen MR) is 166 cm³/mol. The Kier molecular flexibility index (Phi) is 9.12. The SMILES string of the molecule is COc1ccc(C)cc1C(=O)NCc1ccc(C(=N)c2c(N)ncnc2NC2CCCC(N(C)C(=O)n3cncn3)C2)cc1. The van der Waals surface area contributed by atoms with Crippen molar-refractivity contribution < 1.29 is 14.3 Å². The molecule has 0 radical (unpaired) electrons. The van der Waals surface area contributed by atoms with Gasteiger partial charge in [0.25, 0.3) is 5.91 Å². The molecule has 1 fully saturated rings. The van der Waals surface area contributed by atoms with E-state index in [2.05, 4.69) is 30.7 Å². The topological polar surface area (TPSA) is 177 Å². The molecule has 228 valence electrons. The van der Waals surface area contributed by atoms with Crippen molar-refractivity contribution in [3.8, 4) is 5.75 Å². The molecule has 2 unspecified atom stereocenters. The number of amides is 2. The molecule has 2 heterocycles. The highest BCUT2D eigenvalue weighted by atomic mass is 16.5. The minimum Gasteiger partial charge on any atom is -0.496 e. The van der Waals surface area contributed by atoms with Crippen molar-refractivity contribution in [3.63, 3.8) is 0 Å². The minimum absolute atomic E-state index is 0.0000672. The maximum absolute atomic E-state index is 12.8. The van der Waals surface area contributed by atoms with Crippen LogP contribution in [-0.4, -0.2) is 73.5 Å². The molecule has 13 nitrogen and oxygen atoms in total. The number of methoxy groups -OCH3 is 1. The summed E-state index contributed by atoms with van der Waals surface area (Å²) in [7, 11) is 3.31. The van der Waals surface area contributed by atoms with Gasteiger partial charge in [-0.2, -0.15) is 9.78 Å². The number of aromatic nitrogens is 5. The number of carbonyl (C=O) groups is 2. The first kappa shape index (κ1) is 30.1. The maximum Gasteiger partial charge on any atom is 0.346 e. The van der Waals surface area contributed by atoms with Crippen molar-refractivity contribution >= 4 is 29.3 Å². The van der Waals surface area contributed by atoms with Gasteiger partial charge in [0.2, 0.25) is 0 Å². The summed E-state index contributed by atoms with van der Waals surface area (Å²) in [5, 5.41) is 19.3. The van der Waals surface area contributed by atoms with E-state index in [0.717, 1.165) is 30.4 Å². The number of nitrogens with one attached hydrogen (secondary N) is 3. The van der Waals surface area contributed by atoms with E-state index < -0.39 is 0 Å². The second-order valence-corrected chi connectivity index (χ2v) is 10.8. The van der Waals surface area contributed by atoms with Gasteiger partial charge in [-0.25, -0.2) is 19.7 Å². The summed E-state index contributed by atoms with van der Waals surface area (Å²) in [4.78, 5) is 39.7. The fourth-order valence-electron chi connectivity index (χ4n) is 5.43. The summed E-state index contributed by atoms with van der Waals surface area (Å²) >= 11 is 0. The number of hydrogen-bond acceptors (Lipinski definition) is 10. The molecular weight excluding hydrogens is 560 g/mol. The van der Waals surface area contributed by atoms with Crippen LogP contribution in [0.15, 0.2) is 61.4 Å². The van der Waals surface area contributed by atoms with Crippen molar-refractivity contribution in [2.24, 2.45) is 0 Å². The van der Waals surface area contributed by atoms with Gasteiger partial charge in [-0.1, -0.05) is 35.9 Å². The highest BCUT2D eigenvalue weighted by molar-refractivity contribution is 6.16. The van der Waals surface area contributed by atoms with Gasteiger partial charge in [0, 0.05) is 31.2 Å². The molecule has 2 amide bonds. The lowest BCUT2D eigenvalue weighted by atomic mass is 9.90. The number of aryl methyl sites for hydroxylation is 1. The molecule has 13 heteroatoms. The fourth-order valence-corrected chi connectivity index (χ4v) is 5.43. The Balaban J connectivity index is 1.25. The largest absolute Gasteiger partial charge is 0.496 e. The molecule has 1 aliphatic rings. The van der Waals surface area contributed by atoms with E-state index in [1.807, 2.05) is 37.3 Å². The smallest absolute Gasteiger partial charge is 0.346 e. The van der Waals surface area contributed by atoms with Crippen LogP contribution in [0.25, 0.3) is 0 Å². The van der Waals surface area contributed by atoms with Crippen LogP contribution in [-0.2, 0) is 6.54 Å². The van der Waals surface area contributed by atoms with Crippen LogP contribution in [0.4, 0.5) is 16.4 Å². The van der Waals surface area contributed by atoms with Gasteiger partial charge in [0.15, 0.2) is 0 Å². The summed E-state index contributed by atoms with van der Waals surface area (Å²) in [6.07, 6.45) is 7.47. The van der Waals surface area contributed by atoms with Crippen LogP contribution in [0.1, 0.15) is 58.3 Å². The standard InChI is InChI=1S/C31H36N10O3/c1-19-7-12-25(44-3)24(13-19)30(42)35-15-20-8-10-21(11-9-20)27(32)26-28(33)36-17-37-29(26)39-22-5-4-6-23(14-22)40(2)31(43)41-18-34-16-38-41/h7-13,16-18,22-23,32H,4-6,14-15H2,1-3H3,(H,35,42)(H3,33,36,37,39).